The molecule has 5 heteroatoms. The molecule has 2 rings (SSSR count). The molecule has 1 saturated heterocycles. The highest BCUT2D eigenvalue weighted by atomic mass is 79.9. The summed E-state index contributed by atoms with van der Waals surface area (Å²) in [6.07, 6.45) is 0.799. The first-order chi connectivity index (χ1) is 6.29. The van der Waals surface area contributed by atoms with Crippen molar-refractivity contribution in [2.45, 2.75) is 12.5 Å². The number of hydrogen-bond acceptors (Lipinski definition) is 4. The average Bonchev–Trinajstić information content (AvgIpc) is 2.72. The second-order valence-corrected chi connectivity index (χ2v) is 5.86. The summed E-state index contributed by atoms with van der Waals surface area (Å²) in [6.45, 7) is 0. The van der Waals surface area contributed by atoms with Gasteiger partial charge in [-0.3, -0.25) is 0 Å². The van der Waals surface area contributed by atoms with E-state index in [9.17, 15) is 5.11 Å². The lowest BCUT2D eigenvalue weighted by atomic mass is 10.0. The molecule has 2 unspecified atom stereocenters. The fourth-order valence-electron chi connectivity index (χ4n) is 1.45. The Morgan fingerprint density at radius 3 is 3.08 bits per heavy atom. The molecule has 72 valence electrons. The number of hydrogen-bond donors (Lipinski definition) is 1. The SMILES string of the molecule is OC(c1scnc1Br)C1CCSC1. The third-order valence-corrected chi connectivity index (χ3v) is 5.21. The van der Waals surface area contributed by atoms with Crippen molar-refractivity contribution < 1.29 is 5.11 Å². The van der Waals surface area contributed by atoms with Crippen molar-refractivity contribution in [2.24, 2.45) is 5.92 Å². The molecule has 2 atom stereocenters. The van der Waals surface area contributed by atoms with Crippen molar-refractivity contribution in [3.8, 4) is 0 Å². The van der Waals surface area contributed by atoms with Crippen molar-refractivity contribution in [3.05, 3.63) is 15.0 Å². The number of nitrogens with zero attached hydrogens (tertiary/aromatic N) is 1. The molecule has 0 spiro atoms. The van der Waals surface area contributed by atoms with Crippen LogP contribution in [0.4, 0.5) is 0 Å². The van der Waals surface area contributed by atoms with Crippen LogP contribution in [-0.2, 0) is 0 Å². The number of aliphatic hydroxyl groups is 1. The van der Waals surface area contributed by atoms with Crippen LogP contribution in [0.5, 0.6) is 0 Å². The smallest absolute Gasteiger partial charge is 0.122 e. The first-order valence-corrected chi connectivity index (χ1v) is 6.96. The van der Waals surface area contributed by atoms with Gasteiger partial charge >= 0.3 is 0 Å². The third kappa shape index (κ3) is 2.09. The second-order valence-electron chi connectivity index (χ2n) is 3.08. The molecule has 1 aromatic rings. The standard InChI is InChI=1S/C8H10BrNOS2/c9-8-7(13-4-10-8)6(11)5-1-2-12-3-5/h4-6,11H,1-3H2. The van der Waals surface area contributed by atoms with Crippen molar-refractivity contribution in [1.29, 1.82) is 0 Å². The van der Waals surface area contributed by atoms with E-state index in [1.54, 1.807) is 5.51 Å². The van der Waals surface area contributed by atoms with Gasteiger partial charge in [0.15, 0.2) is 0 Å². The van der Waals surface area contributed by atoms with Crippen molar-refractivity contribution in [2.75, 3.05) is 11.5 Å². The highest BCUT2D eigenvalue weighted by Gasteiger charge is 2.27. The Kier molecular flexibility index (Phi) is 3.29. The summed E-state index contributed by atoms with van der Waals surface area (Å²) in [5.41, 5.74) is 1.77. The van der Waals surface area contributed by atoms with Crippen LogP contribution >= 0.6 is 39.0 Å². The monoisotopic (exact) mass is 279 g/mol. The maximum absolute atomic E-state index is 10.0. The van der Waals surface area contributed by atoms with Gasteiger partial charge in [-0.05, 0) is 39.8 Å². The summed E-state index contributed by atoms with van der Waals surface area (Å²) in [7, 11) is 0. The number of thioether (sulfide) groups is 1. The predicted octanol–water partition coefficient (Wildman–Crippen LogP) is 2.69. The summed E-state index contributed by atoms with van der Waals surface area (Å²) in [5, 5.41) is 10.0. The van der Waals surface area contributed by atoms with Gasteiger partial charge in [-0.2, -0.15) is 11.8 Å². The molecule has 1 aliphatic heterocycles. The minimum absolute atomic E-state index is 0.322. The Hall–Kier alpha value is 0.420. The van der Waals surface area contributed by atoms with Crippen LogP contribution in [0, 0.1) is 5.92 Å². The summed E-state index contributed by atoms with van der Waals surface area (Å²) in [6, 6.07) is 0. The van der Waals surface area contributed by atoms with E-state index in [-0.39, 0.29) is 6.10 Å². The van der Waals surface area contributed by atoms with Crippen LogP contribution in [0.3, 0.4) is 0 Å². The van der Waals surface area contributed by atoms with Gasteiger partial charge in [0.25, 0.3) is 0 Å². The maximum atomic E-state index is 10.0. The van der Waals surface area contributed by atoms with Gasteiger partial charge in [0.05, 0.1) is 16.5 Å². The Bertz CT molecular complexity index is 285. The molecule has 1 N–H and O–H groups in total. The van der Waals surface area contributed by atoms with Crippen molar-refractivity contribution >= 4 is 39.0 Å². The zero-order chi connectivity index (χ0) is 9.26. The van der Waals surface area contributed by atoms with Gasteiger partial charge in [0.1, 0.15) is 4.60 Å². The van der Waals surface area contributed by atoms with E-state index in [2.05, 4.69) is 20.9 Å². The zero-order valence-corrected chi connectivity index (χ0v) is 10.2. The summed E-state index contributed by atoms with van der Waals surface area (Å²) >= 11 is 6.80. The zero-order valence-electron chi connectivity index (χ0n) is 6.94. The fourth-order valence-corrected chi connectivity index (χ4v) is 4.24. The van der Waals surface area contributed by atoms with Crippen LogP contribution in [0.15, 0.2) is 10.1 Å². The molecule has 1 fully saturated rings. The molecule has 0 amide bonds. The molecule has 0 saturated carbocycles. The molecule has 0 aromatic carbocycles. The number of aliphatic hydroxyl groups excluding tert-OH is 1. The second kappa shape index (κ2) is 4.29. The summed E-state index contributed by atoms with van der Waals surface area (Å²) in [4.78, 5) is 5.06. The Labute approximate surface area is 93.9 Å². The highest BCUT2D eigenvalue weighted by Crippen LogP contribution is 2.38. The Balaban J connectivity index is 2.12. The van der Waals surface area contributed by atoms with Gasteiger partial charge in [-0.15, -0.1) is 11.3 Å². The lowest BCUT2D eigenvalue weighted by Gasteiger charge is -2.15. The van der Waals surface area contributed by atoms with Gasteiger partial charge in [0.2, 0.25) is 0 Å². The lowest BCUT2D eigenvalue weighted by Crippen LogP contribution is -2.10. The molecule has 2 nitrogen and oxygen atoms in total. The largest absolute Gasteiger partial charge is 0.387 e. The van der Waals surface area contributed by atoms with Crippen LogP contribution < -0.4 is 0 Å². The highest BCUT2D eigenvalue weighted by molar-refractivity contribution is 9.10. The van der Waals surface area contributed by atoms with Gasteiger partial charge in [-0.25, -0.2) is 4.98 Å². The van der Waals surface area contributed by atoms with Crippen molar-refractivity contribution in [1.82, 2.24) is 4.98 Å². The van der Waals surface area contributed by atoms with Gasteiger partial charge in [0, 0.05) is 0 Å². The maximum Gasteiger partial charge on any atom is 0.122 e. The molecule has 0 aliphatic carbocycles. The van der Waals surface area contributed by atoms with E-state index in [0.29, 0.717) is 5.92 Å². The molecule has 0 radical (unpaired) electrons. The molecular weight excluding hydrogens is 270 g/mol. The Morgan fingerprint density at radius 1 is 1.69 bits per heavy atom. The minimum atomic E-state index is -0.322. The molecule has 13 heavy (non-hydrogen) atoms. The van der Waals surface area contributed by atoms with Crippen LogP contribution in [-0.4, -0.2) is 21.6 Å². The van der Waals surface area contributed by atoms with Gasteiger partial charge in [-0.1, -0.05) is 0 Å². The van der Waals surface area contributed by atoms with E-state index in [1.165, 1.54) is 17.1 Å². The number of halogens is 1. The molecule has 1 aliphatic rings. The van der Waals surface area contributed by atoms with E-state index in [4.69, 9.17) is 0 Å². The van der Waals surface area contributed by atoms with E-state index in [0.717, 1.165) is 21.7 Å². The summed E-state index contributed by atoms with van der Waals surface area (Å²) < 4.78 is 0.807. The Morgan fingerprint density at radius 2 is 2.54 bits per heavy atom. The molecule has 0 bridgehead atoms. The van der Waals surface area contributed by atoms with Crippen LogP contribution in [0.1, 0.15) is 17.4 Å². The number of aromatic nitrogens is 1. The van der Waals surface area contributed by atoms with E-state index in [1.807, 2.05) is 11.8 Å². The third-order valence-electron chi connectivity index (χ3n) is 2.23. The summed E-state index contributed by atoms with van der Waals surface area (Å²) in [5.74, 6) is 2.67. The number of rotatable bonds is 2. The van der Waals surface area contributed by atoms with Gasteiger partial charge < -0.3 is 5.11 Å². The quantitative estimate of drug-likeness (QED) is 0.904. The predicted molar refractivity (Wildman–Crippen MR) is 60.2 cm³/mol. The lowest BCUT2D eigenvalue weighted by molar-refractivity contribution is 0.124. The molecular formula is C8H10BrNOS2. The van der Waals surface area contributed by atoms with Crippen LogP contribution in [0.2, 0.25) is 0 Å². The first kappa shape index (κ1) is 9.96. The fraction of sp³-hybridized carbons (Fsp3) is 0.625. The topological polar surface area (TPSA) is 33.1 Å². The molecule has 2 heterocycles. The van der Waals surface area contributed by atoms with E-state index < -0.39 is 0 Å². The van der Waals surface area contributed by atoms with Crippen molar-refractivity contribution in [3.63, 3.8) is 0 Å². The molecule has 1 aromatic heterocycles. The normalized spacial score (nSPS) is 24.9. The minimum Gasteiger partial charge on any atom is -0.387 e. The number of thiazole rings is 1. The van der Waals surface area contributed by atoms with Crippen LogP contribution in [0.25, 0.3) is 0 Å². The first-order valence-electron chi connectivity index (χ1n) is 4.13. The van der Waals surface area contributed by atoms with E-state index >= 15 is 0 Å². The average molecular weight is 280 g/mol.